The normalized spacial score (nSPS) is 10.8. The number of hydrogen-bond donors (Lipinski definition) is 1. The van der Waals surface area contributed by atoms with Crippen LogP contribution in [-0.2, 0) is 5.41 Å². The number of nitriles is 1. The van der Waals surface area contributed by atoms with Crippen LogP contribution < -0.4 is 5.73 Å². The summed E-state index contributed by atoms with van der Waals surface area (Å²) in [5, 5.41) is 8.90. The van der Waals surface area contributed by atoms with Gasteiger partial charge in [0.05, 0.1) is 17.2 Å². The molecule has 1 rings (SSSR count). The molecule has 0 aliphatic carbocycles. The van der Waals surface area contributed by atoms with Gasteiger partial charge in [-0.25, -0.2) is 0 Å². The Morgan fingerprint density at radius 1 is 1.40 bits per heavy atom. The first-order valence-corrected chi connectivity index (χ1v) is 4.70. The number of benzene rings is 1. The minimum Gasteiger partial charge on any atom is -0.366 e. The zero-order chi connectivity index (χ0) is 11.6. The average molecular weight is 202 g/mol. The van der Waals surface area contributed by atoms with Crippen LogP contribution in [0.5, 0.6) is 0 Å². The molecular weight excluding hydrogens is 188 g/mol. The molecule has 1 amide bonds. The third-order valence-corrected chi connectivity index (χ3v) is 2.27. The van der Waals surface area contributed by atoms with Gasteiger partial charge in [0.2, 0.25) is 5.91 Å². The number of primary amides is 1. The van der Waals surface area contributed by atoms with Gasteiger partial charge < -0.3 is 5.73 Å². The highest BCUT2D eigenvalue weighted by molar-refractivity contribution is 5.95. The topological polar surface area (TPSA) is 66.9 Å². The smallest absolute Gasteiger partial charge is 0.250 e. The zero-order valence-corrected chi connectivity index (χ0v) is 9.16. The van der Waals surface area contributed by atoms with E-state index in [9.17, 15) is 4.79 Å². The maximum absolute atomic E-state index is 11.0. The third kappa shape index (κ3) is 2.35. The summed E-state index contributed by atoms with van der Waals surface area (Å²) in [6, 6.07) is 7.16. The van der Waals surface area contributed by atoms with Gasteiger partial charge in [0.1, 0.15) is 0 Å². The fourth-order valence-corrected chi connectivity index (χ4v) is 1.32. The summed E-state index contributed by atoms with van der Waals surface area (Å²) in [6.07, 6.45) is 0. The lowest BCUT2D eigenvalue weighted by Gasteiger charge is -2.19. The molecule has 0 saturated carbocycles. The van der Waals surface area contributed by atoms with Gasteiger partial charge in [0.25, 0.3) is 0 Å². The number of hydrogen-bond acceptors (Lipinski definition) is 2. The molecule has 2 N–H and O–H groups in total. The second-order valence-corrected chi connectivity index (χ2v) is 4.49. The van der Waals surface area contributed by atoms with Gasteiger partial charge in [0.15, 0.2) is 0 Å². The summed E-state index contributed by atoms with van der Waals surface area (Å²) in [4.78, 5) is 11.0. The van der Waals surface area contributed by atoms with Crippen molar-refractivity contribution in [3.8, 4) is 6.07 Å². The number of carbonyl (C=O) groups is 1. The number of carbonyl (C=O) groups excluding carboxylic acids is 1. The Balaban J connectivity index is 3.34. The molecule has 78 valence electrons. The summed E-state index contributed by atoms with van der Waals surface area (Å²) in [7, 11) is 0. The fourth-order valence-electron chi connectivity index (χ4n) is 1.32. The van der Waals surface area contributed by atoms with E-state index in [1.807, 2.05) is 32.9 Å². The number of rotatable bonds is 1. The van der Waals surface area contributed by atoms with Crippen molar-refractivity contribution in [2.45, 2.75) is 26.2 Å². The molecule has 0 saturated heterocycles. The quantitative estimate of drug-likeness (QED) is 0.756. The van der Waals surface area contributed by atoms with E-state index in [-0.39, 0.29) is 11.0 Å². The first kappa shape index (κ1) is 11.3. The molecule has 0 heterocycles. The summed E-state index contributed by atoms with van der Waals surface area (Å²) >= 11 is 0. The Labute approximate surface area is 89.5 Å². The Hall–Kier alpha value is -1.82. The van der Waals surface area contributed by atoms with Crippen LogP contribution in [0.15, 0.2) is 18.2 Å². The highest BCUT2D eigenvalue weighted by atomic mass is 16.1. The minimum atomic E-state index is -0.563. The van der Waals surface area contributed by atoms with E-state index in [2.05, 4.69) is 0 Å². The monoisotopic (exact) mass is 202 g/mol. The zero-order valence-electron chi connectivity index (χ0n) is 9.16. The lowest BCUT2D eigenvalue weighted by atomic mass is 9.85. The summed E-state index contributed by atoms with van der Waals surface area (Å²) in [5.74, 6) is -0.563. The second-order valence-electron chi connectivity index (χ2n) is 4.49. The highest BCUT2D eigenvalue weighted by Gasteiger charge is 2.16. The highest BCUT2D eigenvalue weighted by Crippen LogP contribution is 2.24. The number of amides is 1. The lowest BCUT2D eigenvalue weighted by molar-refractivity contribution is 0.1000. The fraction of sp³-hybridized carbons (Fsp3) is 0.333. The minimum absolute atomic E-state index is 0.0399. The number of nitrogens with two attached hydrogens (primary N) is 1. The van der Waals surface area contributed by atoms with Crippen LogP contribution >= 0.6 is 0 Å². The van der Waals surface area contributed by atoms with E-state index in [1.54, 1.807) is 12.1 Å². The van der Waals surface area contributed by atoms with Gasteiger partial charge in [-0.05, 0) is 23.1 Å². The van der Waals surface area contributed by atoms with Gasteiger partial charge in [-0.2, -0.15) is 5.26 Å². The van der Waals surface area contributed by atoms with Crippen LogP contribution in [0.4, 0.5) is 0 Å². The Bertz CT molecular complexity index is 436. The Kier molecular flexibility index (Phi) is 2.81. The Morgan fingerprint density at radius 3 is 2.40 bits per heavy atom. The van der Waals surface area contributed by atoms with E-state index in [4.69, 9.17) is 11.0 Å². The summed E-state index contributed by atoms with van der Waals surface area (Å²) in [6.45, 7) is 6.15. The third-order valence-electron chi connectivity index (χ3n) is 2.27. The molecule has 0 aliphatic heterocycles. The molecule has 0 aromatic heterocycles. The molecule has 15 heavy (non-hydrogen) atoms. The largest absolute Gasteiger partial charge is 0.366 e. The Morgan fingerprint density at radius 2 is 2.00 bits per heavy atom. The molecule has 0 aliphatic rings. The molecule has 0 unspecified atom stereocenters. The van der Waals surface area contributed by atoms with Crippen molar-refractivity contribution in [1.29, 1.82) is 5.26 Å². The van der Waals surface area contributed by atoms with E-state index >= 15 is 0 Å². The molecule has 0 bridgehead atoms. The summed E-state index contributed by atoms with van der Waals surface area (Å²) < 4.78 is 0. The molecule has 0 spiro atoms. The lowest BCUT2D eigenvalue weighted by Crippen LogP contribution is -2.16. The maximum Gasteiger partial charge on any atom is 0.250 e. The standard InChI is InChI=1S/C12H14N2O/c1-12(2,3)9-4-5-10(11(14)15)8(6-9)7-13/h4-6H,1-3H3,(H2,14,15). The first-order valence-electron chi connectivity index (χ1n) is 4.70. The molecule has 3 nitrogen and oxygen atoms in total. The van der Waals surface area contributed by atoms with Crippen LogP contribution in [0.2, 0.25) is 0 Å². The van der Waals surface area contributed by atoms with E-state index < -0.39 is 5.91 Å². The van der Waals surface area contributed by atoms with Crippen molar-refractivity contribution >= 4 is 5.91 Å². The SMILES string of the molecule is CC(C)(C)c1ccc(C(N)=O)c(C#N)c1. The van der Waals surface area contributed by atoms with E-state index in [0.717, 1.165) is 5.56 Å². The van der Waals surface area contributed by atoms with Crippen molar-refractivity contribution in [2.75, 3.05) is 0 Å². The van der Waals surface area contributed by atoms with E-state index in [1.165, 1.54) is 0 Å². The molecule has 0 atom stereocenters. The van der Waals surface area contributed by atoms with Crippen LogP contribution in [0.3, 0.4) is 0 Å². The van der Waals surface area contributed by atoms with E-state index in [0.29, 0.717) is 5.56 Å². The molecular formula is C12H14N2O. The van der Waals surface area contributed by atoms with Gasteiger partial charge in [-0.15, -0.1) is 0 Å². The second kappa shape index (κ2) is 3.74. The molecule has 0 radical (unpaired) electrons. The van der Waals surface area contributed by atoms with Gasteiger partial charge >= 0.3 is 0 Å². The predicted octanol–water partition coefficient (Wildman–Crippen LogP) is 1.95. The van der Waals surface area contributed by atoms with Crippen molar-refractivity contribution in [2.24, 2.45) is 5.73 Å². The van der Waals surface area contributed by atoms with Gasteiger partial charge in [-0.1, -0.05) is 26.8 Å². The van der Waals surface area contributed by atoms with Crippen LogP contribution in [0.25, 0.3) is 0 Å². The van der Waals surface area contributed by atoms with Crippen LogP contribution in [0.1, 0.15) is 42.3 Å². The molecule has 0 fully saturated rings. The summed E-state index contributed by atoms with van der Waals surface area (Å²) in [5.41, 5.74) is 6.76. The van der Waals surface area contributed by atoms with Crippen molar-refractivity contribution in [1.82, 2.24) is 0 Å². The molecule has 3 heteroatoms. The van der Waals surface area contributed by atoms with Crippen molar-refractivity contribution < 1.29 is 4.79 Å². The molecule has 1 aromatic rings. The first-order chi connectivity index (χ1) is 6.86. The van der Waals surface area contributed by atoms with Crippen LogP contribution in [0, 0.1) is 11.3 Å². The van der Waals surface area contributed by atoms with Gasteiger partial charge in [-0.3, -0.25) is 4.79 Å². The van der Waals surface area contributed by atoms with Crippen LogP contribution in [-0.4, -0.2) is 5.91 Å². The van der Waals surface area contributed by atoms with Crippen molar-refractivity contribution in [3.05, 3.63) is 34.9 Å². The average Bonchev–Trinajstić information content (AvgIpc) is 2.15. The maximum atomic E-state index is 11.0. The number of nitrogens with zero attached hydrogens (tertiary/aromatic N) is 1. The van der Waals surface area contributed by atoms with Crippen molar-refractivity contribution in [3.63, 3.8) is 0 Å². The molecule has 1 aromatic carbocycles. The predicted molar refractivity (Wildman–Crippen MR) is 58.4 cm³/mol. The van der Waals surface area contributed by atoms with Gasteiger partial charge in [0, 0.05) is 0 Å².